The van der Waals surface area contributed by atoms with Crippen LogP contribution >= 0.6 is 0 Å². The van der Waals surface area contributed by atoms with E-state index in [4.69, 9.17) is 0 Å². The molecule has 0 bridgehead atoms. The van der Waals surface area contributed by atoms with Gasteiger partial charge >= 0.3 is 0 Å². The van der Waals surface area contributed by atoms with Crippen LogP contribution in [-0.4, -0.2) is 52.6 Å². The highest BCUT2D eigenvalue weighted by Gasteiger charge is 2.30. The van der Waals surface area contributed by atoms with E-state index in [1.54, 1.807) is 0 Å². The second kappa shape index (κ2) is 7.62. The Balaban J connectivity index is 1.64. The van der Waals surface area contributed by atoms with Gasteiger partial charge in [-0.25, -0.2) is 4.98 Å². The molecule has 1 atom stereocenters. The van der Waals surface area contributed by atoms with Gasteiger partial charge in [0.2, 0.25) is 0 Å². The third-order valence-electron chi connectivity index (χ3n) is 6.39. The highest BCUT2D eigenvalue weighted by Crippen LogP contribution is 2.40. The van der Waals surface area contributed by atoms with Crippen LogP contribution in [0.2, 0.25) is 0 Å². The third kappa shape index (κ3) is 3.43. The maximum absolute atomic E-state index is 4.42. The van der Waals surface area contributed by atoms with Gasteiger partial charge in [-0.2, -0.15) is 0 Å². The van der Waals surface area contributed by atoms with Crippen molar-refractivity contribution in [3.63, 3.8) is 0 Å². The molecule has 0 radical (unpaired) electrons. The number of piperazine rings is 1. The summed E-state index contributed by atoms with van der Waals surface area (Å²) >= 11 is 0. The van der Waals surface area contributed by atoms with E-state index in [0.717, 1.165) is 38.5 Å². The Bertz CT molecular complexity index is 1040. The van der Waals surface area contributed by atoms with Crippen molar-refractivity contribution in [2.45, 2.75) is 19.5 Å². The van der Waals surface area contributed by atoms with Crippen molar-refractivity contribution in [3.8, 4) is 0 Å². The van der Waals surface area contributed by atoms with Gasteiger partial charge in [0.05, 0.1) is 6.04 Å². The molecule has 0 N–H and O–H groups in total. The summed E-state index contributed by atoms with van der Waals surface area (Å²) in [6.07, 6.45) is 6.36. The van der Waals surface area contributed by atoms with Crippen molar-refractivity contribution in [1.29, 1.82) is 0 Å². The lowest BCUT2D eigenvalue weighted by Crippen LogP contribution is -2.46. The van der Waals surface area contributed by atoms with E-state index in [1.165, 1.54) is 27.8 Å². The number of aromatic nitrogens is 2. The highest BCUT2D eigenvalue weighted by molar-refractivity contribution is 5.86. The SMILES string of the molecule is Cc1nccn1CC1=Cc2ccccc2C(N2CCN(C)CC2)c2ccccc21. The molecule has 0 saturated carbocycles. The first kappa shape index (κ1) is 18.3. The van der Waals surface area contributed by atoms with E-state index in [9.17, 15) is 0 Å². The van der Waals surface area contributed by atoms with Crippen LogP contribution in [0.15, 0.2) is 60.9 Å². The number of rotatable bonds is 3. The Labute approximate surface area is 173 Å². The van der Waals surface area contributed by atoms with Crippen molar-refractivity contribution in [3.05, 3.63) is 89.0 Å². The van der Waals surface area contributed by atoms with E-state index in [0.29, 0.717) is 6.04 Å². The largest absolute Gasteiger partial charge is 0.331 e. The van der Waals surface area contributed by atoms with Crippen LogP contribution in [0.25, 0.3) is 11.6 Å². The lowest BCUT2D eigenvalue weighted by molar-refractivity contribution is 0.127. The molecule has 3 aromatic rings. The monoisotopic (exact) mass is 384 g/mol. The molecule has 0 spiro atoms. The number of nitrogens with zero attached hydrogens (tertiary/aromatic N) is 4. The van der Waals surface area contributed by atoms with Crippen LogP contribution in [0.5, 0.6) is 0 Å². The number of allylic oxidation sites excluding steroid dienone is 1. The molecule has 2 heterocycles. The molecule has 2 aliphatic rings. The van der Waals surface area contributed by atoms with E-state index in [2.05, 4.69) is 94.1 Å². The lowest BCUT2D eigenvalue weighted by Gasteiger charge is -2.39. The molecule has 29 heavy (non-hydrogen) atoms. The Morgan fingerprint density at radius 3 is 2.41 bits per heavy atom. The third-order valence-corrected chi connectivity index (χ3v) is 6.39. The van der Waals surface area contributed by atoms with Crippen LogP contribution in [0.1, 0.15) is 34.1 Å². The average Bonchev–Trinajstić information content (AvgIpc) is 3.08. The number of imidazole rings is 1. The zero-order valence-corrected chi connectivity index (χ0v) is 17.3. The molecule has 1 aliphatic carbocycles. The zero-order chi connectivity index (χ0) is 19.8. The fourth-order valence-corrected chi connectivity index (χ4v) is 4.71. The van der Waals surface area contributed by atoms with Gasteiger partial charge in [-0.05, 0) is 47.9 Å². The van der Waals surface area contributed by atoms with Gasteiger partial charge in [-0.3, -0.25) is 4.90 Å². The van der Waals surface area contributed by atoms with Crippen molar-refractivity contribution >= 4 is 11.6 Å². The molecule has 2 aromatic carbocycles. The number of fused-ring (bicyclic) bond motifs is 2. The van der Waals surface area contributed by atoms with Crippen molar-refractivity contribution < 1.29 is 0 Å². The Morgan fingerprint density at radius 2 is 1.66 bits per heavy atom. The summed E-state index contributed by atoms with van der Waals surface area (Å²) in [5.74, 6) is 1.05. The summed E-state index contributed by atoms with van der Waals surface area (Å²) in [6.45, 7) is 7.35. The number of hydrogen-bond donors (Lipinski definition) is 0. The normalized spacial score (nSPS) is 19.9. The molecular formula is C25H28N4. The Morgan fingerprint density at radius 1 is 0.931 bits per heavy atom. The first-order chi connectivity index (χ1) is 14.2. The standard InChI is InChI=1S/C25H28N4/c1-19-26-11-12-29(19)18-21-17-20-7-3-4-9-23(20)25(24-10-6-5-8-22(21)24)28-15-13-27(2)14-16-28/h3-12,17,25H,13-16,18H2,1-2H3. The molecule has 0 amide bonds. The van der Waals surface area contributed by atoms with Crippen LogP contribution in [0.3, 0.4) is 0 Å². The van der Waals surface area contributed by atoms with E-state index >= 15 is 0 Å². The fraction of sp³-hybridized carbons (Fsp3) is 0.320. The zero-order valence-electron chi connectivity index (χ0n) is 17.3. The van der Waals surface area contributed by atoms with E-state index < -0.39 is 0 Å². The Hall–Kier alpha value is -2.69. The first-order valence-corrected chi connectivity index (χ1v) is 10.5. The van der Waals surface area contributed by atoms with Gasteiger partial charge in [-0.15, -0.1) is 0 Å². The van der Waals surface area contributed by atoms with Gasteiger partial charge in [0.25, 0.3) is 0 Å². The number of hydrogen-bond acceptors (Lipinski definition) is 3. The molecule has 148 valence electrons. The fourth-order valence-electron chi connectivity index (χ4n) is 4.71. The molecule has 1 aliphatic heterocycles. The summed E-state index contributed by atoms with van der Waals surface area (Å²) in [6, 6.07) is 18.2. The van der Waals surface area contributed by atoms with Gasteiger partial charge in [0, 0.05) is 45.1 Å². The van der Waals surface area contributed by atoms with Gasteiger partial charge < -0.3 is 9.47 Å². The van der Waals surface area contributed by atoms with Gasteiger partial charge in [0.15, 0.2) is 0 Å². The quantitative estimate of drug-likeness (QED) is 0.680. The molecule has 4 heteroatoms. The summed E-state index contributed by atoms with van der Waals surface area (Å²) in [5, 5.41) is 0. The topological polar surface area (TPSA) is 24.3 Å². The predicted molar refractivity (Wildman–Crippen MR) is 119 cm³/mol. The smallest absolute Gasteiger partial charge is 0.105 e. The number of benzene rings is 2. The summed E-state index contributed by atoms with van der Waals surface area (Å²) < 4.78 is 2.24. The van der Waals surface area contributed by atoms with Gasteiger partial charge in [0.1, 0.15) is 5.82 Å². The molecule has 1 fully saturated rings. The van der Waals surface area contributed by atoms with Crippen LogP contribution < -0.4 is 0 Å². The van der Waals surface area contributed by atoms with E-state index in [-0.39, 0.29) is 0 Å². The second-order valence-corrected chi connectivity index (χ2v) is 8.23. The number of likely N-dealkylation sites (N-methyl/N-ethyl adjacent to an activating group) is 1. The van der Waals surface area contributed by atoms with E-state index in [1.807, 2.05) is 6.20 Å². The highest BCUT2D eigenvalue weighted by atomic mass is 15.3. The molecular weight excluding hydrogens is 356 g/mol. The summed E-state index contributed by atoms with van der Waals surface area (Å²) in [4.78, 5) is 9.51. The van der Waals surface area contributed by atoms with Crippen LogP contribution in [0.4, 0.5) is 0 Å². The van der Waals surface area contributed by atoms with Crippen molar-refractivity contribution in [1.82, 2.24) is 19.4 Å². The van der Waals surface area contributed by atoms with Crippen LogP contribution in [-0.2, 0) is 6.54 Å². The minimum atomic E-state index is 0.300. The summed E-state index contributed by atoms with van der Waals surface area (Å²) in [7, 11) is 2.22. The maximum Gasteiger partial charge on any atom is 0.105 e. The molecule has 5 rings (SSSR count). The minimum Gasteiger partial charge on any atom is -0.331 e. The lowest BCUT2D eigenvalue weighted by atomic mass is 9.91. The predicted octanol–water partition coefficient (Wildman–Crippen LogP) is 4.08. The van der Waals surface area contributed by atoms with Crippen LogP contribution in [0, 0.1) is 6.92 Å². The minimum absolute atomic E-state index is 0.300. The average molecular weight is 385 g/mol. The molecule has 1 aromatic heterocycles. The maximum atomic E-state index is 4.42. The second-order valence-electron chi connectivity index (χ2n) is 8.23. The Kier molecular flexibility index (Phi) is 4.82. The molecule has 1 saturated heterocycles. The van der Waals surface area contributed by atoms with Crippen molar-refractivity contribution in [2.24, 2.45) is 0 Å². The van der Waals surface area contributed by atoms with Gasteiger partial charge in [-0.1, -0.05) is 48.5 Å². The first-order valence-electron chi connectivity index (χ1n) is 10.5. The number of aryl methyl sites for hydroxylation is 1. The molecule has 1 unspecified atom stereocenters. The molecule has 4 nitrogen and oxygen atoms in total. The summed E-state index contributed by atoms with van der Waals surface area (Å²) in [5.41, 5.74) is 6.89. The van der Waals surface area contributed by atoms with Crippen molar-refractivity contribution in [2.75, 3.05) is 33.2 Å².